The quantitative estimate of drug-likeness (QED) is 0.701. The second-order valence-corrected chi connectivity index (χ2v) is 8.44. The molecule has 0 saturated heterocycles. The number of hydrogen-bond acceptors (Lipinski definition) is 2. The topological polar surface area (TPSA) is 12.9 Å². The molecule has 1 aromatic carbocycles. The van der Waals surface area contributed by atoms with Crippen molar-refractivity contribution in [3.8, 4) is 10.6 Å². The Bertz CT molecular complexity index is 602. The first kappa shape index (κ1) is 14.8. The van der Waals surface area contributed by atoms with E-state index in [4.69, 9.17) is 4.98 Å². The Labute approximate surface area is 132 Å². The van der Waals surface area contributed by atoms with Crippen LogP contribution < -0.4 is 0 Å². The highest BCUT2D eigenvalue weighted by molar-refractivity contribution is 7.13. The largest absolute Gasteiger partial charge is 0.241 e. The maximum absolute atomic E-state index is 4.86. The number of benzene rings is 1. The summed E-state index contributed by atoms with van der Waals surface area (Å²) in [5.41, 5.74) is 4.31. The van der Waals surface area contributed by atoms with E-state index in [9.17, 15) is 0 Å². The number of rotatable bonds is 4. The van der Waals surface area contributed by atoms with E-state index in [1.165, 1.54) is 47.5 Å². The van der Waals surface area contributed by atoms with Crippen molar-refractivity contribution in [3.05, 3.63) is 40.9 Å². The number of aromatic nitrogens is 1. The zero-order valence-electron chi connectivity index (χ0n) is 13.4. The third-order valence-electron chi connectivity index (χ3n) is 4.18. The molecule has 2 aromatic rings. The molecule has 1 aromatic heterocycles. The van der Waals surface area contributed by atoms with Crippen LogP contribution in [0, 0.1) is 11.3 Å². The maximum atomic E-state index is 4.86. The van der Waals surface area contributed by atoms with E-state index in [1.807, 2.05) is 0 Å². The van der Waals surface area contributed by atoms with E-state index in [0.29, 0.717) is 5.41 Å². The van der Waals surface area contributed by atoms with Crippen LogP contribution in [0.15, 0.2) is 29.6 Å². The van der Waals surface area contributed by atoms with Crippen LogP contribution in [0.2, 0.25) is 0 Å². The molecule has 0 aliphatic heterocycles. The van der Waals surface area contributed by atoms with E-state index in [-0.39, 0.29) is 0 Å². The van der Waals surface area contributed by atoms with Gasteiger partial charge in [0.15, 0.2) is 0 Å². The van der Waals surface area contributed by atoms with Crippen LogP contribution in [0.5, 0.6) is 0 Å². The highest BCUT2D eigenvalue weighted by Gasteiger charge is 2.19. The summed E-state index contributed by atoms with van der Waals surface area (Å²) < 4.78 is 0. The Morgan fingerprint density at radius 2 is 2.05 bits per heavy atom. The minimum absolute atomic E-state index is 0.330. The molecule has 0 unspecified atom stereocenters. The standard InChI is InChI=1S/C19H25NS/c1-19(2,3)12-15-8-5-9-16(10-15)18-20-17(13-21-18)11-14-6-4-7-14/h5,8-10,13-14H,4,6-7,11-12H2,1-3H3. The van der Waals surface area contributed by atoms with Crippen LogP contribution in [-0.2, 0) is 12.8 Å². The summed E-state index contributed by atoms with van der Waals surface area (Å²) in [6.07, 6.45) is 6.50. The Morgan fingerprint density at radius 3 is 2.71 bits per heavy atom. The molecule has 1 saturated carbocycles. The summed E-state index contributed by atoms with van der Waals surface area (Å²) >= 11 is 1.79. The normalized spacial score (nSPS) is 16.0. The van der Waals surface area contributed by atoms with Crippen LogP contribution in [0.1, 0.15) is 51.3 Å². The van der Waals surface area contributed by atoms with Gasteiger partial charge in [0.2, 0.25) is 0 Å². The number of thiazole rings is 1. The predicted molar refractivity (Wildman–Crippen MR) is 91.8 cm³/mol. The highest BCUT2D eigenvalue weighted by atomic mass is 32.1. The fourth-order valence-electron chi connectivity index (χ4n) is 2.95. The van der Waals surface area contributed by atoms with E-state index in [0.717, 1.165) is 12.3 Å². The highest BCUT2D eigenvalue weighted by Crippen LogP contribution is 2.32. The molecular formula is C19H25NS. The summed E-state index contributed by atoms with van der Waals surface area (Å²) in [5.74, 6) is 0.896. The van der Waals surface area contributed by atoms with Crippen molar-refractivity contribution < 1.29 is 0 Å². The Kier molecular flexibility index (Phi) is 4.17. The van der Waals surface area contributed by atoms with Crippen molar-refractivity contribution >= 4 is 11.3 Å². The molecule has 1 nitrogen and oxygen atoms in total. The lowest BCUT2D eigenvalue weighted by Crippen LogP contribution is -2.13. The van der Waals surface area contributed by atoms with Crippen molar-refractivity contribution in [1.29, 1.82) is 0 Å². The first-order valence-electron chi connectivity index (χ1n) is 8.03. The molecule has 0 N–H and O–H groups in total. The predicted octanol–water partition coefficient (Wildman–Crippen LogP) is 5.74. The molecule has 1 fully saturated rings. The Balaban J connectivity index is 1.75. The number of hydrogen-bond donors (Lipinski definition) is 0. The van der Waals surface area contributed by atoms with E-state index >= 15 is 0 Å². The van der Waals surface area contributed by atoms with E-state index in [1.54, 1.807) is 11.3 Å². The van der Waals surface area contributed by atoms with Crippen LogP contribution in [-0.4, -0.2) is 4.98 Å². The van der Waals surface area contributed by atoms with E-state index < -0.39 is 0 Å². The van der Waals surface area contributed by atoms with Crippen molar-refractivity contribution in [1.82, 2.24) is 4.98 Å². The van der Waals surface area contributed by atoms with Crippen molar-refractivity contribution in [2.75, 3.05) is 0 Å². The molecule has 0 spiro atoms. The van der Waals surface area contributed by atoms with Gasteiger partial charge in [-0.3, -0.25) is 0 Å². The van der Waals surface area contributed by atoms with Crippen molar-refractivity contribution in [2.45, 2.75) is 52.9 Å². The third-order valence-corrected chi connectivity index (χ3v) is 5.12. The van der Waals surface area contributed by atoms with Gasteiger partial charge in [-0.2, -0.15) is 0 Å². The lowest BCUT2D eigenvalue weighted by Gasteiger charge is -2.24. The summed E-state index contributed by atoms with van der Waals surface area (Å²) in [6, 6.07) is 8.91. The summed E-state index contributed by atoms with van der Waals surface area (Å²) in [7, 11) is 0. The third kappa shape index (κ3) is 3.94. The molecule has 1 aliphatic rings. The molecule has 21 heavy (non-hydrogen) atoms. The molecule has 1 aliphatic carbocycles. The molecule has 1 heterocycles. The SMILES string of the molecule is CC(C)(C)Cc1cccc(-c2nc(CC3CCC3)cs2)c1. The molecule has 112 valence electrons. The van der Waals surface area contributed by atoms with E-state index in [2.05, 4.69) is 50.4 Å². The maximum Gasteiger partial charge on any atom is 0.123 e. The molecule has 0 atom stereocenters. The molecular weight excluding hydrogens is 274 g/mol. The van der Waals surface area contributed by atoms with Gasteiger partial charge >= 0.3 is 0 Å². The zero-order chi connectivity index (χ0) is 14.9. The molecule has 0 amide bonds. The smallest absolute Gasteiger partial charge is 0.123 e. The lowest BCUT2D eigenvalue weighted by atomic mass is 9.82. The van der Waals surface area contributed by atoms with Crippen LogP contribution in [0.3, 0.4) is 0 Å². The fraction of sp³-hybridized carbons (Fsp3) is 0.526. The van der Waals surface area contributed by atoms with Gasteiger partial charge in [-0.25, -0.2) is 4.98 Å². The minimum atomic E-state index is 0.330. The second-order valence-electron chi connectivity index (χ2n) is 7.58. The summed E-state index contributed by atoms with van der Waals surface area (Å²) in [5, 5.41) is 3.43. The Hall–Kier alpha value is -1.15. The molecule has 0 radical (unpaired) electrons. The van der Waals surface area contributed by atoms with Gasteiger partial charge in [-0.15, -0.1) is 11.3 Å². The van der Waals surface area contributed by atoms with Gasteiger partial charge < -0.3 is 0 Å². The van der Waals surface area contributed by atoms with Gasteiger partial charge in [-0.05, 0) is 35.8 Å². The monoisotopic (exact) mass is 299 g/mol. The second kappa shape index (κ2) is 5.92. The van der Waals surface area contributed by atoms with Crippen LogP contribution in [0.25, 0.3) is 10.6 Å². The van der Waals surface area contributed by atoms with Crippen molar-refractivity contribution in [3.63, 3.8) is 0 Å². The molecule has 2 heteroatoms. The molecule has 0 bridgehead atoms. The minimum Gasteiger partial charge on any atom is -0.241 e. The lowest BCUT2D eigenvalue weighted by molar-refractivity contribution is 0.312. The fourth-order valence-corrected chi connectivity index (χ4v) is 3.78. The number of nitrogens with zero attached hydrogens (tertiary/aromatic N) is 1. The van der Waals surface area contributed by atoms with Crippen LogP contribution in [0.4, 0.5) is 0 Å². The van der Waals surface area contributed by atoms with Crippen molar-refractivity contribution in [2.24, 2.45) is 11.3 Å². The first-order valence-corrected chi connectivity index (χ1v) is 8.91. The summed E-state index contributed by atoms with van der Waals surface area (Å²) in [4.78, 5) is 4.86. The first-order chi connectivity index (χ1) is 9.99. The Morgan fingerprint density at radius 1 is 1.24 bits per heavy atom. The molecule has 3 rings (SSSR count). The summed E-state index contributed by atoms with van der Waals surface area (Å²) in [6.45, 7) is 6.87. The average molecular weight is 299 g/mol. The van der Waals surface area contributed by atoms with Gasteiger partial charge in [0.05, 0.1) is 5.69 Å². The zero-order valence-corrected chi connectivity index (χ0v) is 14.2. The van der Waals surface area contributed by atoms with Gasteiger partial charge in [0.25, 0.3) is 0 Å². The average Bonchev–Trinajstić information content (AvgIpc) is 2.81. The van der Waals surface area contributed by atoms with Gasteiger partial charge in [0.1, 0.15) is 5.01 Å². The van der Waals surface area contributed by atoms with Crippen LogP contribution >= 0.6 is 11.3 Å². The van der Waals surface area contributed by atoms with Gasteiger partial charge in [-0.1, -0.05) is 58.2 Å². The van der Waals surface area contributed by atoms with Gasteiger partial charge in [0, 0.05) is 10.9 Å².